The first-order valence-corrected chi connectivity index (χ1v) is 5.26. The second-order valence-electron chi connectivity index (χ2n) is 2.99. The second-order valence-corrected chi connectivity index (χ2v) is 3.78. The van der Waals surface area contributed by atoms with E-state index in [2.05, 4.69) is 21.1 Å². The smallest absolute Gasteiger partial charge is 0.198 e. The number of ether oxygens (including phenoxy) is 1. The number of benzene rings is 1. The van der Waals surface area contributed by atoms with Crippen LogP contribution in [0.25, 0.3) is 11.3 Å². The third-order valence-electron chi connectivity index (χ3n) is 2.09. The third kappa shape index (κ3) is 1.68. The van der Waals surface area contributed by atoms with E-state index >= 15 is 0 Å². The van der Waals surface area contributed by atoms with Crippen LogP contribution in [0.3, 0.4) is 0 Å². The molecule has 0 fully saturated rings. The van der Waals surface area contributed by atoms with Crippen molar-refractivity contribution in [2.24, 2.45) is 0 Å². The Labute approximate surface area is 101 Å². The van der Waals surface area contributed by atoms with E-state index in [1.54, 1.807) is 7.11 Å². The first-order valence-electron chi connectivity index (χ1n) is 4.46. The van der Waals surface area contributed by atoms with Crippen molar-refractivity contribution in [3.63, 3.8) is 0 Å². The van der Waals surface area contributed by atoms with Gasteiger partial charge >= 0.3 is 0 Å². The Morgan fingerprint density at radius 2 is 2.19 bits per heavy atom. The number of nitriles is 1. The van der Waals surface area contributed by atoms with E-state index in [1.165, 1.54) is 0 Å². The van der Waals surface area contributed by atoms with E-state index in [4.69, 9.17) is 14.5 Å². The minimum absolute atomic E-state index is 0.223. The minimum atomic E-state index is 0.223. The topological polar surface area (TPSA) is 59.1 Å². The molecule has 2 rings (SSSR count). The number of rotatable bonds is 2. The summed E-state index contributed by atoms with van der Waals surface area (Å²) < 4.78 is 10.9. The van der Waals surface area contributed by atoms with Crippen LogP contribution >= 0.6 is 15.9 Å². The van der Waals surface area contributed by atoms with Crippen LogP contribution in [0.4, 0.5) is 0 Å². The summed E-state index contributed by atoms with van der Waals surface area (Å²) >= 11 is 3.28. The fourth-order valence-corrected chi connectivity index (χ4v) is 1.80. The van der Waals surface area contributed by atoms with Crippen LogP contribution in [0.2, 0.25) is 0 Å². The van der Waals surface area contributed by atoms with Crippen LogP contribution in [-0.4, -0.2) is 12.3 Å². The van der Waals surface area contributed by atoms with Gasteiger partial charge in [-0.15, -0.1) is 0 Å². The molecular formula is C11H7BrN2O2. The lowest BCUT2D eigenvalue weighted by Gasteiger charge is -2.04. The summed E-state index contributed by atoms with van der Waals surface area (Å²) in [6.45, 7) is 0. The highest BCUT2D eigenvalue weighted by Crippen LogP contribution is 2.36. The van der Waals surface area contributed by atoms with Gasteiger partial charge in [-0.3, -0.25) is 0 Å². The average molecular weight is 279 g/mol. The lowest BCUT2D eigenvalue weighted by Crippen LogP contribution is -1.86. The van der Waals surface area contributed by atoms with Gasteiger partial charge in [0, 0.05) is 0 Å². The fourth-order valence-electron chi connectivity index (χ4n) is 1.35. The largest absolute Gasteiger partial charge is 0.496 e. The van der Waals surface area contributed by atoms with Crippen molar-refractivity contribution < 1.29 is 9.26 Å². The van der Waals surface area contributed by atoms with E-state index in [9.17, 15) is 0 Å². The summed E-state index contributed by atoms with van der Waals surface area (Å²) in [5, 5.41) is 12.4. The molecule has 0 atom stereocenters. The maximum atomic E-state index is 8.77. The Bertz CT molecular complexity index is 557. The van der Waals surface area contributed by atoms with Crippen molar-refractivity contribution in [1.82, 2.24) is 5.16 Å². The van der Waals surface area contributed by atoms with Crippen LogP contribution in [0.15, 0.2) is 33.3 Å². The molecule has 0 bridgehead atoms. The molecular weight excluding hydrogens is 272 g/mol. The van der Waals surface area contributed by atoms with Crippen molar-refractivity contribution in [3.05, 3.63) is 34.4 Å². The second kappa shape index (κ2) is 4.37. The van der Waals surface area contributed by atoms with Crippen molar-refractivity contribution in [3.8, 4) is 23.1 Å². The zero-order chi connectivity index (χ0) is 11.5. The van der Waals surface area contributed by atoms with Crippen LogP contribution in [0.5, 0.6) is 5.75 Å². The van der Waals surface area contributed by atoms with Crippen molar-refractivity contribution in [2.45, 2.75) is 0 Å². The molecule has 80 valence electrons. The van der Waals surface area contributed by atoms with Crippen molar-refractivity contribution in [2.75, 3.05) is 7.11 Å². The molecule has 0 N–H and O–H groups in total. The monoisotopic (exact) mass is 278 g/mol. The van der Waals surface area contributed by atoms with Gasteiger partial charge in [0.25, 0.3) is 0 Å². The molecule has 5 heteroatoms. The fraction of sp³-hybridized carbons (Fsp3) is 0.0909. The predicted molar refractivity (Wildman–Crippen MR) is 60.9 cm³/mol. The number of methoxy groups -OCH3 is 1. The van der Waals surface area contributed by atoms with Crippen LogP contribution in [0, 0.1) is 11.3 Å². The average Bonchev–Trinajstić information content (AvgIpc) is 2.70. The lowest BCUT2D eigenvalue weighted by molar-refractivity contribution is 0.405. The van der Waals surface area contributed by atoms with Gasteiger partial charge in [-0.1, -0.05) is 17.3 Å². The molecule has 0 saturated carbocycles. The van der Waals surface area contributed by atoms with Crippen LogP contribution in [0.1, 0.15) is 5.69 Å². The molecule has 1 heterocycles. The SMILES string of the molecule is COc1ccccc1-c1onc(C#N)c1Br. The molecule has 16 heavy (non-hydrogen) atoms. The molecule has 2 aromatic rings. The van der Waals surface area contributed by atoms with E-state index in [1.807, 2.05) is 30.3 Å². The Hall–Kier alpha value is -1.80. The Kier molecular flexibility index (Phi) is 2.93. The van der Waals surface area contributed by atoms with Gasteiger partial charge in [0.05, 0.1) is 12.7 Å². The normalized spacial score (nSPS) is 9.81. The zero-order valence-electron chi connectivity index (χ0n) is 8.40. The van der Waals surface area contributed by atoms with Crippen molar-refractivity contribution >= 4 is 15.9 Å². The van der Waals surface area contributed by atoms with Gasteiger partial charge in [0.1, 0.15) is 16.3 Å². The lowest BCUT2D eigenvalue weighted by atomic mass is 10.1. The first kappa shape index (κ1) is 10.7. The van der Waals surface area contributed by atoms with Crippen LogP contribution in [-0.2, 0) is 0 Å². The molecule has 1 aromatic heterocycles. The maximum Gasteiger partial charge on any atom is 0.198 e. The standard InChI is InChI=1S/C11H7BrN2O2/c1-15-9-5-3-2-4-7(9)11-10(12)8(6-13)14-16-11/h2-5H,1H3. The number of aromatic nitrogens is 1. The van der Waals surface area contributed by atoms with E-state index < -0.39 is 0 Å². The molecule has 0 unspecified atom stereocenters. The summed E-state index contributed by atoms with van der Waals surface area (Å²) in [5.74, 6) is 1.16. The molecule has 0 aliphatic rings. The summed E-state index contributed by atoms with van der Waals surface area (Å²) in [6, 6.07) is 9.30. The highest BCUT2D eigenvalue weighted by Gasteiger charge is 2.17. The van der Waals surface area contributed by atoms with Gasteiger partial charge in [-0.25, -0.2) is 0 Å². The third-order valence-corrected chi connectivity index (χ3v) is 2.83. The van der Waals surface area contributed by atoms with Gasteiger partial charge < -0.3 is 9.26 Å². The molecule has 0 saturated heterocycles. The summed E-state index contributed by atoms with van der Waals surface area (Å²) in [5.41, 5.74) is 0.979. The number of para-hydroxylation sites is 1. The van der Waals surface area contributed by atoms with E-state index in [0.29, 0.717) is 16.0 Å². The molecule has 0 aliphatic carbocycles. The molecule has 1 aromatic carbocycles. The molecule has 0 radical (unpaired) electrons. The van der Waals surface area contributed by atoms with E-state index in [-0.39, 0.29) is 5.69 Å². The Balaban J connectivity index is 2.59. The summed E-state index contributed by atoms with van der Waals surface area (Å²) in [6.07, 6.45) is 0. The molecule has 0 amide bonds. The molecule has 4 nitrogen and oxygen atoms in total. The summed E-state index contributed by atoms with van der Waals surface area (Å²) in [7, 11) is 1.58. The molecule has 0 spiro atoms. The highest BCUT2D eigenvalue weighted by atomic mass is 79.9. The number of halogens is 1. The van der Waals surface area contributed by atoms with Crippen molar-refractivity contribution in [1.29, 1.82) is 5.26 Å². The van der Waals surface area contributed by atoms with Gasteiger partial charge in [-0.2, -0.15) is 5.26 Å². The van der Waals surface area contributed by atoms with E-state index in [0.717, 1.165) is 5.56 Å². The van der Waals surface area contributed by atoms with Gasteiger partial charge in [0.2, 0.25) is 0 Å². The summed E-state index contributed by atoms with van der Waals surface area (Å²) in [4.78, 5) is 0. The van der Waals surface area contributed by atoms with Gasteiger partial charge in [-0.05, 0) is 28.1 Å². The number of hydrogen-bond donors (Lipinski definition) is 0. The minimum Gasteiger partial charge on any atom is -0.496 e. The Morgan fingerprint density at radius 1 is 1.44 bits per heavy atom. The quantitative estimate of drug-likeness (QED) is 0.847. The molecule has 0 aliphatic heterocycles. The maximum absolute atomic E-state index is 8.77. The number of nitrogens with zero attached hydrogens (tertiary/aromatic N) is 2. The highest BCUT2D eigenvalue weighted by molar-refractivity contribution is 9.10. The predicted octanol–water partition coefficient (Wildman–Crippen LogP) is 2.98. The van der Waals surface area contributed by atoms with Crippen LogP contribution < -0.4 is 4.74 Å². The Morgan fingerprint density at radius 3 is 2.81 bits per heavy atom. The zero-order valence-corrected chi connectivity index (χ0v) is 9.98. The van der Waals surface area contributed by atoms with Gasteiger partial charge in [0.15, 0.2) is 11.5 Å². The number of hydrogen-bond acceptors (Lipinski definition) is 4. The first-order chi connectivity index (χ1) is 7.77.